The van der Waals surface area contributed by atoms with Crippen LogP contribution < -0.4 is 5.32 Å². The molecule has 0 spiro atoms. The Morgan fingerprint density at radius 2 is 2.11 bits per heavy atom. The first-order valence-electron chi connectivity index (χ1n) is 6.15. The van der Waals surface area contributed by atoms with E-state index in [9.17, 15) is 9.59 Å². The number of rotatable bonds is 2. The fraction of sp³-hybridized carbons (Fsp3) is 0.333. The van der Waals surface area contributed by atoms with Crippen molar-refractivity contribution in [3.05, 3.63) is 34.9 Å². The molecular formula is C15H17NO3. The molecule has 1 aromatic rings. The van der Waals surface area contributed by atoms with Gasteiger partial charge in [-0.15, -0.1) is 0 Å². The molecule has 0 fully saturated rings. The highest BCUT2D eigenvalue weighted by Gasteiger charge is 2.31. The van der Waals surface area contributed by atoms with Gasteiger partial charge in [0.15, 0.2) is 0 Å². The van der Waals surface area contributed by atoms with Crippen molar-refractivity contribution in [1.29, 1.82) is 0 Å². The molecule has 0 radical (unpaired) electrons. The van der Waals surface area contributed by atoms with Crippen LogP contribution in [-0.2, 0) is 15.0 Å². The minimum atomic E-state index is -0.926. The van der Waals surface area contributed by atoms with Gasteiger partial charge >= 0.3 is 5.97 Å². The molecule has 4 nitrogen and oxygen atoms in total. The van der Waals surface area contributed by atoms with Gasteiger partial charge in [0.05, 0.1) is 0 Å². The second-order valence-corrected chi connectivity index (χ2v) is 5.55. The van der Waals surface area contributed by atoms with Gasteiger partial charge < -0.3 is 10.4 Å². The second kappa shape index (κ2) is 4.53. The molecule has 0 unspecified atom stereocenters. The average Bonchev–Trinajstić information content (AvgIpc) is 2.28. The molecule has 2 rings (SSSR count). The summed E-state index contributed by atoms with van der Waals surface area (Å²) in [6.07, 6.45) is 2.07. The molecule has 1 aromatic carbocycles. The number of hydrogen-bond acceptors (Lipinski definition) is 2. The summed E-state index contributed by atoms with van der Waals surface area (Å²) in [5.41, 5.74) is 2.74. The predicted octanol–water partition coefficient (Wildman–Crippen LogP) is 2.79. The molecular weight excluding hydrogens is 242 g/mol. The third-order valence-corrected chi connectivity index (χ3v) is 3.37. The Balaban J connectivity index is 2.47. The third-order valence-electron chi connectivity index (χ3n) is 3.37. The van der Waals surface area contributed by atoms with Crippen LogP contribution in [0.1, 0.15) is 38.3 Å². The standard InChI is InChI=1S/C15H17NO3/c1-9(14(18)19)6-10-4-5-12-11(7-10)15(2,3)8-13(17)16-12/h4-7H,8H2,1-3H3,(H,16,17)(H,18,19). The molecule has 0 atom stereocenters. The largest absolute Gasteiger partial charge is 0.478 e. The van der Waals surface area contributed by atoms with Crippen molar-refractivity contribution in [2.45, 2.75) is 32.6 Å². The maximum Gasteiger partial charge on any atom is 0.331 e. The summed E-state index contributed by atoms with van der Waals surface area (Å²) in [5, 5.41) is 11.7. The SMILES string of the molecule is CC(=Cc1ccc2c(c1)C(C)(C)CC(=O)N2)C(=O)O. The normalized spacial score (nSPS) is 17.6. The molecule has 0 bridgehead atoms. The molecule has 100 valence electrons. The fourth-order valence-corrected chi connectivity index (χ4v) is 2.32. The Bertz CT molecular complexity index is 585. The van der Waals surface area contributed by atoms with Crippen molar-refractivity contribution in [2.24, 2.45) is 0 Å². The van der Waals surface area contributed by atoms with Gasteiger partial charge in [0.25, 0.3) is 0 Å². The number of hydrogen-bond donors (Lipinski definition) is 2. The van der Waals surface area contributed by atoms with Gasteiger partial charge in [-0.2, -0.15) is 0 Å². The number of aliphatic carboxylic acids is 1. The lowest BCUT2D eigenvalue weighted by atomic mass is 9.77. The maximum absolute atomic E-state index is 11.6. The van der Waals surface area contributed by atoms with Gasteiger partial charge in [0, 0.05) is 23.1 Å². The van der Waals surface area contributed by atoms with Crippen LogP contribution in [0, 0.1) is 0 Å². The highest BCUT2D eigenvalue weighted by atomic mass is 16.4. The van der Waals surface area contributed by atoms with E-state index in [1.807, 2.05) is 32.0 Å². The van der Waals surface area contributed by atoms with E-state index >= 15 is 0 Å². The van der Waals surface area contributed by atoms with Crippen molar-refractivity contribution in [3.63, 3.8) is 0 Å². The Hall–Kier alpha value is -2.10. The van der Waals surface area contributed by atoms with Crippen molar-refractivity contribution in [1.82, 2.24) is 0 Å². The molecule has 1 aliphatic rings. The third kappa shape index (κ3) is 2.67. The molecule has 0 saturated carbocycles. The molecule has 0 aromatic heterocycles. The van der Waals surface area contributed by atoms with Crippen molar-refractivity contribution in [3.8, 4) is 0 Å². The molecule has 19 heavy (non-hydrogen) atoms. The van der Waals surface area contributed by atoms with Gasteiger partial charge in [0.2, 0.25) is 5.91 Å². The minimum Gasteiger partial charge on any atom is -0.478 e. The Morgan fingerprint density at radius 3 is 2.74 bits per heavy atom. The zero-order chi connectivity index (χ0) is 14.2. The number of carboxylic acid groups (broad SMARTS) is 1. The number of carboxylic acids is 1. The smallest absolute Gasteiger partial charge is 0.331 e. The molecule has 1 amide bonds. The monoisotopic (exact) mass is 259 g/mol. The van der Waals surface area contributed by atoms with Crippen LogP contribution in [0.2, 0.25) is 0 Å². The highest BCUT2D eigenvalue weighted by Crippen LogP contribution is 2.37. The Morgan fingerprint density at radius 1 is 1.42 bits per heavy atom. The van der Waals surface area contributed by atoms with Gasteiger partial charge in [0.1, 0.15) is 0 Å². The van der Waals surface area contributed by atoms with E-state index in [-0.39, 0.29) is 16.9 Å². The number of carbonyl (C=O) groups is 2. The van der Waals surface area contributed by atoms with Crippen molar-refractivity contribution >= 4 is 23.6 Å². The van der Waals surface area contributed by atoms with Crippen molar-refractivity contribution < 1.29 is 14.7 Å². The van der Waals surface area contributed by atoms with Crippen LogP contribution in [0.15, 0.2) is 23.8 Å². The summed E-state index contributed by atoms with van der Waals surface area (Å²) in [5.74, 6) is -0.909. The number of anilines is 1. The molecule has 1 aliphatic heterocycles. The first-order valence-corrected chi connectivity index (χ1v) is 6.15. The lowest BCUT2D eigenvalue weighted by Gasteiger charge is -2.32. The zero-order valence-corrected chi connectivity index (χ0v) is 11.3. The highest BCUT2D eigenvalue weighted by molar-refractivity contribution is 5.96. The summed E-state index contributed by atoms with van der Waals surface area (Å²) in [6, 6.07) is 5.59. The van der Waals surface area contributed by atoms with E-state index in [0.717, 1.165) is 16.8 Å². The lowest BCUT2D eigenvalue weighted by Crippen LogP contribution is -2.32. The van der Waals surface area contributed by atoms with Gasteiger partial charge in [-0.1, -0.05) is 19.9 Å². The van der Waals surface area contributed by atoms with Gasteiger partial charge in [-0.3, -0.25) is 4.79 Å². The molecule has 4 heteroatoms. The second-order valence-electron chi connectivity index (χ2n) is 5.55. The van der Waals surface area contributed by atoms with E-state index < -0.39 is 5.97 Å². The maximum atomic E-state index is 11.6. The molecule has 2 N–H and O–H groups in total. The Kier molecular flexibility index (Phi) is 3.18. The van der Waals surface area contributed by atoms with E-state index in [4.69, 9.17) is 5.11 Å². The summed E-state index contributed by atoms with van der Waals surface area (Å²) in [7, 11) is 0. The quantitative estimate of drug-likeness (QED) is 0.802. The van der Waals surface area contributed by atoms with Crippen LogP contribution in [-0.4, -0.2) is 17.0 Å². The predicted molar refractivity (Wildman–Crippen MR) is 74.0 cm³/mol. The van der Waals surface area contributed by atoms with E-state index in [2.05, 4.69) is 5.32 Å². The van der Waals surface area contributed by atoms with Gasteiger partial charge in [-0.05, 0) is 36.3 Å². The fourth-order valence-electron chi connectivity index (χ4n) is 2.32. The number of fused-ring (bicyclic) bond motifs is 1. The summed E-state index contributed by atoms with van der Waals surface area (Å²) >= 11 is 0. The van der Waals surface area contributed by atoms with E-state index in [0.29, 0.717) is 6.42 Å². The van der Waals surface area contributed by atoms with Gasteiger partial charge in [-0.25, -0.2) is 4.79 Å². The number of amides is 1. The summed E-state index contributed by atoms with van der Waals surface area (Å²) < 4.78 is 0. The minimum absolute atomic E-state index is 0.0162. The molecule has 0 aliphatic carbocycles. The Labute approximate surface area is 112 Å². The van der Waals surface area contributed by atoms with E-state index in [1.165, 1.54) is 0 Å². The van der Waals surface area contributed by atoms with Crippen LogP contribution in [0.3, 0.4) is 0 Å². The number of carbonyl (C=O) groups excluding carboxylic acids is 1. The summed E-state index contributed by atoms with van der Waals surface area (Å²) in [6.45, 7) is 5.60. The first-order chi connectivity index (χ1) is 8.79. The average molecular weight is 259 g/mol. The van der Waals surface area contributed by atoms with Crippen LogP contribution in [0.4, 0.5) is 5.69 Å². The van der Waals surface area contributed by atoms with Crippen molar-refractivity contribution in [2.75, 3.05) is 5.32 Å². The van der Waals surface area contributed by atoms with E-state index in [1.54, 1.807) is 13.0 Å². The number of benzene rings is 1. The number of nitrogens with one attached hydrogen (secondary N) is 1. The zero-order valence-electron chi connectivity index (χ0n) is 11.3. The van der Waals surface area contributed by atoms with Crippen LogP contribution >= 0.6 is 0 Å². The van der Waals surface area contributed by atoms with Crippen LogP contribution in [0.25, 0.3) is 6.08 Å². The molecule has 0 saturated heterocycles. The topological polar surface area (TPSA) is 66.4 Å². The lowest BCUT2D eigenvalue weighted by molar-refractivity contribution is -0.132. The first kappa shape index (κ1) is 13.3. The summed E-state index contributed by atoms with van der Waals surface area (Å²) in [4.78, 5) is 22.4. The van der Waals surface area contributed by atoms with Crippen LogP contribution in [0.5, 0.6) is 0 Å². The molecule has 1 heterocycles.